The second-order valence-electron chi connectivity index (χ2n) is 6.01. The predicted molar refractivity (Wildman–Crippen MR) is 112 cm³/mol. The summed E-state index contributed by atoms with van der Waals surface area (Å²) >= 11 is 5.89. The van der Waals surface area contributed by atoms with Crippen molar-refractivity contribution in [3.05, 3.63) is 58.6 Å². The molecular weight excluding hydrogens is 394 g/mol. The van der Waals surface area contributed by atoms with Gasteiger partial charge in [0.2, 0.25) is 0 Å². The van der Waals surface area contributed by atoms with Gasteiger partial charge in [-0.15, -0.1) is 0 Å². The van der Waals surface area contributed by atoms with Gasteiger partial charge in [0.05, 0.1) is 12.8 Å². The number of ether oxygens (including phenoxy) is 2. The molecular formula is C21H24ClN3O4. The maximum absolute atomic E-state index is 11.6. The van der Waals surface area contributed by atoms with Gasteiger partial charge in [0.15, 0.2) is 11.5 Å². The van der Waals surface area contributed by atoms with Crippen molar-refractivity contribution in [3.63, 3.8) is 0 Å². The third-order valence-electron chi connectivity index (χ3n) is 3.70. The minimum Gasteiger partial charge on any atom is -0.490 e. The highest BCUT2D eigenvalue weighted by molar-refractivity contribution is 6.35. The molecule has 0 atom stereocenters. The molecule has 8 heteroatoms. The minimum atomic E-state index is -0.817. The molecule has 0 saturated carbocycles. The first-order chi connectivity index (χ1) is 14.0. The van der Waals surface area contributed by atoms with Crippen LogP contribution in [0.25, 0.3) is 0 Å². The van der Waals surface area contributed by atoms with E-state index in [4.69, 9.17) is 21.1 Å². The lowest BCUT2D eigenvalue weighted by Gasteiger charge is -2.12. The van der Waals surface area contributed by atoms with Crippen LogP contribution >= 0.6 is 11.6 Å². The van der Waals surface area contributed by atoms with E-state index in [1.54, 1.807) is 30.3 Å². The second-order valence-corrected chi connectivity index (χ2v) is 6.45. The van der Waals surface area contributed by atoms with E-state index in [9.17, 15) is 9.59 Å². The Morgan fingerprint density at radius 1 is 1.03 bits per heavy atom. The summed E-state index contributed by atoms with van der Waals surface area (Å²) in [5.41, 5.74) is 3.85. The van der Waals surface area contributed by atoms with Crippen LogP contribution in [0.2, 0.25) is 5.02 Å². The second kappa shape index (κ2) is 11.7. The summed E-state index contributed by atoms with van der Waals surface area (Å²) in [6, 6.07) is 12.7. The van der Waals surface area contributed by atoms with E-state index in [0.717, 1.165) is 12.0 Å². The van der Waals surface area contributed by atoms with Crippen molar-refractivity contribution >= 4 is 29.6 Å². The Kier molecular flexibility index (Phi) is 8.98. The van der Waals surface area contributed by atoms with Crippen LogP contribution in [0.5, 0.6) is 11.5 Å². The maximum Gasteiger partial charge on any atom is 0.329 e. The maximum atomic E-state index is 11.6. The van der Waals surface area contributed by atoms with Gasteiger partial charge in [-0.2, -0.15) is 5.10 Å². The van der Waals surface area contributed by atoms with Gasteiger partial charge < -0.3 is 14.8 Å². The molecule has 0 radical (unpaired) electrons. The molecule has 0 fully saturated rings. The Labute approximate surface area is 175 Å². The van der Waals surface area contributed by atoms with Gasteiger partial charge in [-0.3, -0.25) is 9.59 Å². The summed E-state index contributed by atoms with van der Waals surface area (Å²) in [5.74, 6) is -0.396. The van der Waals surface area contributed by atoms with Gasteiger partial charge in [-0.25, -0.2) is 5.43 Å². The Balaban J connectivity index is 1.99. The van der Waals surface area contributed by atoms with Gasteiger partial charge in [-0.05, 0) is 54.8 Å². The van der Waals surface area contributed by atoms with E-state index in [1.165, 1.54) is 6.21 Å². The van der Waals surface area contributed by atoms with Crippen LogP contribution in [-0.4, -0.2) is 31.2 Å². The molecule has 0 bridgehead atoms. The molecule has 2 aromatic rings. The van der Waals surface area contributed by atoms with E-state index in [1.807, 2.05) is 26.0 Å². The number of hydrogen-bond donors (Lipinski definition) is 2. The molecule has 2 aromatic carbocycles. The molecule has 0 spiro atoms. The SMILES string of the molecule is CCCNC(=O)C(=O)N/N=C\c1ccc(OCc2ccc(Cl)cc2)c(OCC)c1. The monoisotopic (exact) mass is 417 g/mol. The molecule has 0 unspecified atom stereocenters. The number of nitrogens with zero attached hydrogens (tertiary/aromatic N) is 1. The summed E-state index contributed by atoms with van der Waals surface area (Å²) in [6.07, 6.45) is 2.17. The van der Waals surface area contributed by atoms with Crippen molar-refractivity contribution in [2.45, 2.75) is 26.9 Å². The number of rotatable bonds is 9. The van der Waals surface area contributed by atoms with Crippen molar-refractivity contribution in [3.8, 4) is 11.5 Å². The Morgan fingerprint density at radius 3 is 2.48 bits per heavy atom. The fourth-order valence-electron chi connectivity index (χ4n) is 2.27. The number of benzene rings is 2. The number of amides is 2. The van der Waals surface area contributed by atoms with Gasteiger partial charge in [-0.1, -0.05) is 30.7 Å². The number of halogens is 1. The van der Waals surface area contributed by atoms with Gasteiger partial charge in [0, 0.05) is 11.6 Å². The van der Waals surface area contributed by atoms with E-state index in [2.05, 4.69) is 15.8 Å². The molecule has 0 aliphatic heterocycles. The lowest BCUT2D eigenvalue weighted by Crippen LogP contribution is -2.38. The smallest absolute Gasteiger partial charge is 0.329 e. The predicted octanol–water partition coefficient (Wildman–Crippen LogP) is 3.29. The molecule has 0 saturated heterocycles. The topological polar surface area (TPSA) is 89.0 Å². The molecule has 0 aliphatic rings. The summed E-state index contributed by atoms with van der Waals surface area (Å²) in [5, 5.41) is 6.95. The van der Waals surface area contributed by atoms with Crippen molar-refractivity contribution in [1.29, 1.82) is 0 Å². The van der Waals surface area contributed by atoms with Gasteiger partial charge >= 0.3 is 11.8 Å². The Morgan fingerprint density at radius 2 is 1.79 bits per heavy atom. The average molecular weight is 418 g/mol. The highest BCUT2D eigenvalue weighted by atomic mass is 35.5. The van der Waals surface area contributed by atoms with Crippen LogP contribution in [0.3, 0.4) is 0 Å². The normalized spacial score (nSPS) is 10.6. The summed E-state index contributed by atoms with van der Waals surface area (Å²) in [6.45, 7) is 5.04. The first-order valence-electron chi connectivity index (χ1n) is 9.28. The fourth-order valence-corrected chi connectivity index (χ4v) is 2.40. The molecule has 0 aromatic heterocycles. The van der Waals surface area contributed by atoms with Gasteiger partial charge in [0.25, 0.3) is 0 Å². The zero-order chi connectivity index (χ0) is 21.1. The van der Waals surface area contributed by atoms with Crippen LogP contribution in [-0.2, 0) is 16.2 Å². The number of nitrogens with one attached hydrogen (secondary N) is 2. The van der Waals surface area contributed by atoms with E-state index in [-0.39, 0.29) is 0 Å². The first-order valence-corrected chi connectivity index (χ1v) is 9.66. The molecule has 29 heavy (non-hydrogen) atoms. The van der Waals surface area contributed by atoms with Crippen LogP contribution in [0.15, 0.2) is 47.6 Å². The third kappa shape index (κ3) is 7.46. The molecule has 2 amide bonds. The van der Waals surface area contributed by atoms with Crippen molar-refractivity contribution in [1.82, 2.24) is 10.7 Å². The number of carbonyl (C=O) groups is 2. The lowest BCUT2D eigenvalue weighted by atomic mass is 10.2. The summed E-state index contributed by atoms with van der Waals surface area (Å²) in [4.78, 5) is 23.1. The number of hydrazone groups is 1. The van der Waals surface area contributed by atoms with Crippen LogP contribution in [0.4, 0.5) is 0 Å². The third-order valence-corrected chi connectivity index (χ3v) is 3.95. The van der Waals surface area contributed by atoms with E-state index < -0.39 is 11.8 Å². The molecule has 2 N–H and O–H groups in total. The minimum absolute atomic E-state index is 0.369. The van der Waals surface area contributed by atoms with Crippen LogP contribution in [0.1, 0.15) is 31.4 Å². The van der Waals surface area contributed by atoms with Crippen LogP contribution in [0, 0.1) is 0 Å². The highest BCUT2D eigenvalue weighted by Crippen LogP contribution is 2.29. The zero-order valence-electron chi connectivity index (χ0n) is 16.4. The fraction of sp³-hybridized carbons (Fsp3) is 0.286. The first kappa shape index (κ1) is 22.2. The standard InChI is InChI=1S/C21H24ClN3O4/c1-3-11-23-20(26)21(27)25-24-13-16-7-10-18(19(12-16)28-4-2)29-14-15-5-8-17(22)9-6-15/h5-10,12-13H,3-4,11,14H2,1-2H3,(H,23,26)(H,25,27)/b24-13-. The molecule has 2 rings (SSSR count). The number of hydrogen-bond acceptors (Lipinski definition) is 5. The largest absolute Gasteiger partial charge is 0.490 e. The summed E-state index contributed by atoms with van der Waals surface area (Å²) < 4.78 is 11.5. The average Bonchev–Trinajstić information content (AvgIpc) is 2.72. The Bertz CT molecular complexity index is 854. The highest BCUT2D eigenvalue weighted by Gasteiger charge is 2.11. The van der Waals surface area contributed by atoms with Crippen molar-refractivity contribution in [2.24, 2.45) is 5.10 Å². The number of carbonyl (C=O) groups excluding carboxylic acids is 2. The van der Waals surface area contributed by atoms with E-state index >= 15 is 0 Å². The van der Waals surface area contributed by atoms with Crippen molar-refractivity contribution in [2.75, 3.05) is 13.2 Å². The molecule has 0 heterocycles. The van der Waals surface area contributed by atoms with Gasteiger partial charge in [0.1, 0.15) is 6.61 Å². The molecule has 7 nitrogen and oxygen atoms in total. The van der Waals surface area contributed by atoms with Crippen molar-refractivity contribution < 1.29 is 19.1 Å². The molecule has 0 aliphatic carbocycles. The molecule has 154 valence electrons. The van der Waals surface area contributed by atoms with Crippen LogP contribution < -0.4 is 20.2 Å². The lowest BCUT2D eigenvalue weighted by molar-refractivity contribution is -0.139. The van der Waals surface area contributed by atoms with E-state index in [0.29, 0.717) is 41.8 Å². The Hall–Kier alpha value is -3.06. The zero-order valence-corrected chi connectivity index (χ0v) is 17.2. The quantitative estimate of drug-likeness (QED) is 0.372. The summed E-state index contributed by atoms with van der Waals surface area (Å²) in [7, 11) is 0.